The molecule has 2 N–H and O–H groups in total. The summed E-state index contributed by atoms with van der Waals surface area (Å²) in [7, 11) is 0. The zero-order valence-electron chi connectivity index (χ0n) is 17.7. The second kappa shape index (κ2) is 8.19. The number of carbonyl (C=O) groups is 1. The average molecular weight is 456 g/mol. The number of alkyl halides is 3. The molecule has 0 saturated carbocycles. The third-order valence-electron chi connectivity index (χ3n) is 5.68. The highest BCUT2D eigenvalue weighted by Crippen LogP contribution is 2.47. The number of rotatable bonds is 5. The van der Waals surface area contributed by atoms with Crippen LogP contribution in [-0.2, 0) is 16.4 Å². The van der Waals surface area contributed by atoms with E-state index in [0.29, 0.717) is 16.1 Å². The van der Waals surface area contributed by atoms with Gasteiger partial charge in [0, 0.05) is 41.7 Å². The van der Waals surface area contributed by atoms with E-state index in [0.717, 1.165) is 5.56 Å². The summed E-state index contributed by atoms with van der Waals surface area (Å²) >= 11 is 0. The van der Waals surface area contributed by atoms with Crippen LogP contribution in [0.4, 0.5) is 13.2 Å². The first-order valence-electron chi connectivity index (χ1n) is 9.90. The van der Waals surface area contributed by atoms with Gasteiger partial charge in [0.15, 0.2) is 0 Å². The lowest BCUT2D eigenvalue weighted by Crippen LogP contribution is -2.37. The summed E-state index contributed by atoms with van der Waals surface area (Å²) in [5.74, 6) is -2.55. The molecule has 2 atom stereocenters. The topological polar surface area (TPSA) is 125 Å². The maximum Gasteiger partial charge on any atom is 0.453 e. The Morgan fingerprint density at radius 1 is 1.21 bits per heavy atom. The van der Waals surface area contributed by atoms with Crippen LogP contribution in [0.15, 0.2) is 54.6 Å². The SMILES string of the molecule is Cc1ccc(C2(C(C)c3cnccn3)C=C(n3nnnc3C(F)(F)F)C=C(C(N)=O)C2)nc1. The van der Waals surface area contributed by atoms with Gasteiger partial charge in [-0.25, -0.2) is 0 Å². The Balaban J connectivity index is 1.99. The molecule has 3 aromatic rings. The van der Waals surface area contributed by atoms with E-state index in [2.05, 4.69) is 30.5 Å². The van der Waals surface area contributed by atoms with Crippen molar-refractivity contribution in [3.63, 3.8) is 0 Å². The van der Waals surface area contributed by atoms with Gasteiger partial charge in [0.25, 0.3) is 5.82 Å². The molecule has 170 valence electrons. The zero-order chi connectivity index (χ0) is 23.8. The lowest BCUT2D eigenvalue weighted by atomic mass is 9.65. The number of halogens is 3. The number of aromatic nitrogens is 7. The molecular formula is C21H19F3N8O. The number of carbonyl (C=O) groups excluding carboxylic acids is 1. The van der Waals surface area contributed by atoms with E-state index in [1.165, 1.54) is 18.5 Å². The number of allylic oxidation sites excluding steroid dienone is 3. The second-order valence-electron chi connectivity index (χ2n) is 7.80. The maximum atomic E-state index is 13.5. The first kappa shape index (κ1) is 22.2. The second-order valence-corrected chi connectivity index (χ2v) is 7.80. The van der Waals surface area contributed by atoms with Crippen molar-refractivity contribution in [3.05, 3.63) is 77.4 Å². The van der Waals surface area contributed by atoms with Gasteiger partial charge >= 0.3 is 6.18 Å². The van der Waals surface area contributed by atoms with Crippen LogP contribution in [0.2, 0.25) is 0 Å². The number of tetrazole rings is 1. The number of amides is 1. The van der Waals surface area contributed by atoms with Gasteiger partial charge in [-0.15, -0.1) is 5.10 Å². The number of nitrogens with two attached hydrogens (primary N) is 1. The normalized spacial score (nSPS) is 19.5. The quantitative estimate of drug-likeness (QED) is 0.625. The summed E-state index contributed by atoms with van der Waals surface area (Å²) < 4.78 is 41.2. The molecule has 1 aliphatic carbocycles. The molecule has 9 nitrogen and oxygen atoms in total. The number of hydrogen-bond acceptors (Lipinski definition) is 7. The van der Waals surface area contributed by atoms with E-state index in [1.807, 2.05) is 19.9 Å². The first-order chi connectivity index (χ1) is 15.6. The molecule has 0 bridgehead atoms. The minimum Gasteiger partial charge on any atom is -0.366 e. The highest BCUT2D eigenvalue weighted by Gasteiger charge is 2.45. The monoisotopic (exact) mass is 456 g/mol. The molecule has 33 heavy (non-hydrogen) atoms. The summed E-state index contributed by atoms with van der Waals surface area (Å²) in [6.45, 7) is 3.71. The van der Waals surface area contributed by atoms with E-state index >= 15 is 0 Å². The summed E-state index contributed by atoms with van der Waals surface area (Å²) in [6.07, 6.45) is 4.37. The van der Waals surface area contributed by atoms with Gasteiger partial charge in [-0.2, -0.15) is 17.9 Å². The van der Waals surface area contributed by atoms with Crippen molar-refractivity contribution in [1.82, 2.24) is 35.2 Å². The third kappa shape index (κ3) is 4.11. The van der Waals surface area contributed by atoms with E-state index < -0.39 is 29.2 Å². The summed E-state index contributed by atoms with van der Waals surface area (Å²) in [6, 6.07) is 3.60. The van der Waals surface area contributed by atoms with E-state index in [9.17, 15) is 18.0 Å². The molecule has 1 aliphatic rings. The van der Waals surface area contributed by atoms with Gasteiger partial charge in [0.05, 0.1) is 17.1 Å². The fourth-order valence-electron chi connectivity index (χ4n) is 3.93. The van der Waals surface area contributed by atoms with Crippen LogP contribution in [0.1, 0.15) is 42.0 Å². The van der Waals surface area contributed by atoms with Crippen LogP contribution in [0, 0.1) is 6.92 Å². The maximum absolute atomic E-state index is 13.5. The fraction of sp³-hybridized carbons (Fsp3) is 0.286. The Labute approximate surface area is 186 Å². The Kier molecular flexibility index (Phi) is 5.52. The van der Waals surface area contributed by atoms with Gasteiger partial charge < -0.3 is 5.73 Å². The van der Waals surface area contributed by atoms with Gasteiger partial charge in [0.2, 0.25) is 5.91 Å². The Morgan fingerprint density at radius 3 is 2.61 bits per heavy atom. The molecule has 0 fully saturated rings. The van der Waals surface area contributed by atoms with Gasteiger partial charge in [0.1, 0.15) is 0 Å². The molecule has 12 heteroatoms. The van der Waals surface area contributed by atoms with Crippen LogP contribution >= 0.6 is 0 Å². The Morgan fingerprint density at radius 2 is 2.00 bits per heavy atom. The smallest absolute Gasteiger partial charge is 0.366 e. The molecule has 0 aliphatic heterocycles. The van der Waals surface area contributed by atoms with E-state index in [-0.39, 0.29) is 17.7 Å². The number of hydrogen-bond donors (Lipinski definition) is 1. The highest BCUT2D eigenvalue weighted by atomic mass is 19.4. The Hall–Kier alpha value is -3.96. The van der Waals surface area contributed by atoms with Gasteiger partial charge in [-0.1, -0.05) is 13.0 Å². The summed E-state index contributed by atoms with van der Waals surface area (Å²) in [4.78, 5) is 25.3. The van der Waals surface area contributed by atoms with Crippen molar-refractivity contribution in [2.45, 2.75) is 37.8 Å². The summed E-state index contributed by atoms with van der Waals surface area (Å²) in [5, 5.41) is 9.84. The highest BCUT2D eigenvalue weighted by molar-refractivity contribution is 5.95. The van der Waals surface area contributed by atoms with Crippen molar-refractivity contribution < 1.29 is 18.0 Å². The number of nitrogens with zero attached hydrogens (tertiary/aromatic N) is 7. The van der Waals surface area contributed by atoms with Crippen LogP contribution < -0.4 is 5.73 Å². The predicted octanol–water partition coefficient (Wildman–Crippen LogP) is 2.58. The molecular weight excluding hydrogens is 437 g/mol. The molecule has 0 saturated heterocycles. The summed E-state index contributed by atoms with van der Waals surface area (Å²) in [5.41, 5.74) is 6.55. The minimum absolute atomic E-state index is 0.0505. The van der Waals surface area contributed by atoms with Crippen molar-refractivity contribution in [2.24, 2.45) is 5.73 Å². The molecule has 2 unspecified atom stereocenters. The van der Waals surface area contributed by atoms with Crippen LogP contribution in [0.3, 0.4) is 0 Å². The zero-order valence-corrected chi connectivity index (χ0v) is 17.7. The van der Waals surface area contributed by atoms with Crippen molar-refractivity contribution in [3.8, 4) is 0 Å². The fourth-order valence-corrected chi connectivity index (χ4v) is 3.93. The van der Waals surface area contributed by atoms with Crippen molar-refractivity contribution in [1.29, 1.82) is 0 Å². The lowest BCUT2D eigenvalue weighted by molar-refractivity contribution is -0.146. The minimum atomic E-state index is -4.82. The predicted molar refractivity (Wildman–Crippen MR) is 110 cm³/mol. The van der Waals surface area contributed by atoms with Crippen molar-refractivity contribution in [2.75, 3.05) is 0 Å². The van der Waals surface area contributed by atoms with Gasteiger partial charge in [-0.3, -0.25) is 19.7 Å². The van der Waals surface area contributed by atoms with Gasteiger partial charge in [-0.05, 0) is 47.6 Å². The third-order valence-corrected chi connectivity index (χ3v) is 5.68. The Bertz CT molecular complexity index is 1230. The molecule has 0 radical (unpaired) electrons. The van der Waals surface area contributed by atoms with Crippen LogP contribution in [-0.4, -0.2) is 41.1 Å². The lowest BCUT2D eigenvalue weighted by Gasteiger charge is -2.39. The molecule has 4 rings (SSSR count). The van der Waals surface area contributed by atoms with Crippen LogP contribution in [0.5, 0.6) is 0 Å². The molecule has 3 heterocycles. The largest absolute Gasteiger partial charge is 0.453 e. The van der Waals surface area contributed by atoms with Crippen LogP contribution in [0.25, 0.3) is 5.70 Å². The van der Waals surface area contributed by atoms with E-state index in [1.54, 1.807) is 24.5 Å². The number of primary amides is 1. The molecule has 1 amide bonds. The first-order valence-corrected chi connectivity index (χ1v) is 9.90. The molecule has 0 spiro atoms. The van der Waals surface area contributed by atoms with Crippen molar-refractivity contribution >= 4 is 11.6 Å². The molecule has 0 aromatic carbocycles. The van der Waals surface area contributed by atoms with E-state index in [4.69, 9.17) is 5.73 Å². The number of aryl methyl sites for hydroxylation is 1. The average Bonchev–Trinajstić information content (AvgIpc) is 3.30. The standard InChI is InChI=1S/C21H19F3N8O/c1-12-3-4-17(28-10-12)20(13(2)16-11-26-5-6-27-16)8-14(18(25)33)7-15(9-20)32-19(21(22,23)24)29-30-31-32/h3-7,9-11,13H,8H2,1-2H3,(H2,25,33). The number of pyridine rings is 1. The molecule has 3 aromatic heterocycles.